The van der Waals surface area contributed by atoms with Gasteiger partial charge in [0.05, 0.1) is 0 Å². The molecule has 4 nitrogen and oxygen atoms in total. The molecule has 1 saturated carbocycles. The van der Waals surface area contributed by atoms with Crippen LogP contribution in [-0.4, -0.2) is 31.7 Å². The summed E-state index contributed by atoms with van der Waals surface area (Å²) in [6, 6.07) is 7.41. The number of methoxy groups -OCH3 is 1. The van der Waals surface area contributed by atoms with Gasteiger partial charge in [0.1, 0.15) is 0 Å². The molecule has 0 radical (unpaired) electrons. The van der Waals surface area contributed by atoms with Gasteiger partial charge in [-0.1, -0.05) is 69.7 Å². The minimum atomic E-state index is -0.572. The number of rotatable bonds is 8. The van der Waals surface area contributed by atoms with E-state index in [2.05, 4.69) is 5.32 Å². The van der Waals surface area contributed by atoms with E-state index in [1.807, 2.05) is 38.1 Å². The van der Waals surface area contributed by atoms with Crippen LogP contribution in [0.2, 0.25) is 5.02 Å². The van der Waals surface area contributed by atoms with Crippen molar-refractivity contribution in [2.24, 2.45) is 11.7 Å². The summed E-state index contributed by atoms with van der Waals surface area (Å²) in [6.07, 6.45) is 7.39. The summed E-state index contributed by atoms with van der Waals surface area (Å²) < 4.78 is 5.38. The maximum Gasteiger partial charge on any atom is 0.250 e. The standard InChI is InChI=1S/C19H29ClN2O2.C2H6/c1-24-18(17(21)13-15-5-3-2-4-6-15)19(23)22-12-11-14-7-9-16(20)10-8-14;1-2/h7-10,15,17-18H,2-6,11-13,21H2,1H3,(H,22,23);1-2H3. The van der Waals surface area contributed by atoms with Gasteiger partial charge in [0.15, 0.2) is 6.10 Å². The highest BCUT2D eigenvalue weighted by molar-refractivity contribution is 6.30. The fourth-order valence-electron chi connectivity index (χ4n) is 3.49. The van der Waals surface area contributed by atoms with E-state index in [1.165, 1.54) is 32.1 Å². The van der Waals surface area contributed by atoms with E-state index in [0.29, 0.717) is 12.5 Å². The molecule has 2 atom stereocenters. The molecule has 0 aromatic heterocycles. The second-order valence-corrected chi connectivity index (χ2v) is 7.16. The summed E-state index contributed by atoms with van der Waals surface area (Å²) in [4.78, 5) is 12.4. The molecule has 5 heteroatoms. The monoisotopic (exact) mass is 382 g/mol. The predicted molar refractivity (Wildman–Crippen MR) is 109 cm³/mol. The molecule has 0 saturated heterocycles. The lowest BCUT2D eigenvalue weighted by molar-refractivity contribution is -0.132. The lowest BCUT2D eigenvalue weighted by Gasteiger charge is -2.28. The molecule has 0 spiro atoms. The van der Waals surface area contributed by atoms with Crippen molar-refractivity contribution in [1.29, 1.82) is 0 Å². The lowest BCUT2D eigenvalue weighted by Crippen LogP contribution is -2.48. The van der Waals surface area contributed by atoms with E-state index in [4.69, 9.17) is 22.1 Å². The van der Waals surface area contributed by atoms with Crippen molar-refractivity contribution in [2.45, 2.75) is 70.9 Å². The number of carbonyl (C=O) groups excluding carboxylic acids is 1. The Morgan fingerprint density at radius 1 is 1.23 bits per heavy atom. The maximum absolute atomic E-state index is 12.4. The van der Waals surface area contributed by atoms with Crippen LogP contribution in [0.1, 0.15) is 57.9 Å². The molecule has 1 amide bonds. The minimum Gasteiger partial charge on any atom is -0.370 e. The van der Waals surface area contributed by atoms with Gasteiger partial charge < -0.3 is 15.8 Å². The third-order valence-corrected chi connectivity index (χ3v) is 5.11. The maximum atomic E-state index is 12.4. The summed E-state index contributed by atoms with van der Waals surface area (Å²) >= 11 is 5.87. The normalized spacial score (nSPS) is 17.0. The van der Waals surface area contributed by atoms with E-state index in [0.717, 1.165) is 23.4 Å². The number of amides is 1. The molecule has 1 aromatic rings. The van der Waals surface area contributed by atoms with Crippen LogP contribution in [0.25, 0.3) is 0 Å². The van der Waals surface area contributed by atoms with Crippen LogP contribution in [0.5, 0.6) is 0 Å². The van der Waals surface area contributed by atoms with E-state index >= 15 is 0 Å². The summed E-state index contributed by atoms with van der Waals surface area (Å²) in [5, 5.41) is 3.66. The Morgan fingerprint density at radius 3 is 2.42 bits per heavy atom. The van der Waals surface area contributed by atoms with Gasteiger partial charge in [-0.3, -0.25) is 4.79 Å². The molecule has 3 N–H and O–H groups in total. The van der Waals surface area contributed by atoms with Crippen molar-refractivity contribution < 1.29 is 9.53 Å². The molecule has 0 bridgehead atoms. The molecule has 1 aromatic carbocycles. The zero-order valence-corrected chi connectivity index (χ0v) is 17.2. The third-order valence-electron chi connectivity index (χ3n) is 4.86. The third kappa shape index (κ3) is 8.07. The van der Waals surface area contributed by atoms with Crippen LogP contribution in [0.4, 0.5) is 0 Å². The summed E-state index contributed by atoms with van der Waals surface area (Å²) in [5.41, 5.74) is 7.40. The molecular weight excluding hydrogens is 348 g/mol. The van der Waals surface area contributed by atoms with Gasteiger partial charge in [-0.15, -0.1) is 0 Å². The van der Waals surface area contributed by atoms with E-state index in [1.54, 1.807) is 7.11 Å². The van der Waals surface area contributed by atoms with Crippen molar-refractivity contribution in [3.05, 3.63) is 34.9 Å². The molecule has 1 aliphatic rings. The topological polar surface area (TPSA) is 64.3 Å². The number of carbonyl (C=O) groups is 1. The zero-order valence-electron chi connectivity index (χ0n) is 16.5. The Balaban J connectivity index is 0.00000163. The van der Waals surface area contributed by atoms with Crippen molar-refractivity contribution >= 4 is 17.5 Å². The fraction of sp³-hybridized carbons (Fsp3) is 0.667. The summed E-state index contributed by atoms with van der Waals surface area (Å²) in [6.45, 7) is 4.57. The van der Waals surface area contributed by atoms with Gasteiger partial charge in [-0.25, -0.2) is 0 Å². The van der Waals surface area contributed by atoms with Gasteiger partial charge in [-0.05, 0) is 36.5 Å². The Kier molecular flexibility index (Phi) is 11.6. The number of halogens is 1. The SMILES string of the molecule is CC.COC(C(=O)NCCc1ccc(Cl)cc1)C(N)CC1CCCCC1. The molecule has 1 aliphatic carbocycles. The number of hydrogen-bond acceptors (Lipinski definition) is 3. The molecule has 0 aliphatic heterocycles. The van der Waals surface area contributed by atoms with Crippen molar-refractivity contribution in [3.8, 4) is 0 Å². The van der Waals surface area contributed by atoms with Crippen LogP contribution in [0.3, 0.4) is 0 Å². The van der Waals surface area contributed by atoms with Crippen LogP contribution in [-0.2, 0) is 16.0 Å². The van der Waals surface area contributed by atoms with E-state index in [-0.39, 0.29) is 11.9 Å². The number of nitrogens with two attached hydrogens (primary N) is 1. The number of ether oxygens (including phenoxy) is 1. The first-order chi connectivity index (χ1) is 12.6. The first kappa shape index (κ1) is 22.9. The van der Waals surface area contributed by atoms with Crippen LogP contribution in [0, 0.1) is 5.92 Å². The number of benzene rings is 1. The molecule has 148 valence electrons. The highest BCUT2D eigenvalue weighted by Gasteiger charge is 2.28. The largest absolute Gasteiger partial charge is 0.370 e. The van der Waals surface area contributed by atoms with Crippen LogP contribution in [0.15, 0.2) is 24.3 Å². The van der Waals surface area contributed by atoms with Gasteiger partial charge in [-0.2, -0.15) is 0 Å². The Hall–Kier alpha value is -1.10. The zero-order chi connectivity index (χ0) is 19.4. The van der Waals surface area contributed by atoms with Crippen molar-refractivity contribution in [3.63, 3.8) is 0 Å². The number of hydrogen-bond donors (Lipinski definition) is 2. The van der Waals surface area contributed by atoms with E-state index in [9.17, 15) is 4.79 Å². The van der Waals surface area contributed by atoms with Gasteiger partial charge >= 0.3 is 0 Å². The van der Waals surface area contributed by atoms with Crippen molar-refractivity contribution in [2.75, 3.05) is 13.7 Å². The predicted octanol–water partition coefficient (Wildman–Crippen LogP) is 4.34. The van der Waals surface area contributed by atoms with Crippen LogP contribution < -0.4 is 11.1 Å². The average Bonchev–Trinajstić information content (AvgIpc) is 2.66. The smallest absolute Gasteiger partial charge is 0.250 e. The lowest BCUT2D eigenvalue weighted by atomic mass is 9.84. The molecule has 2 rings (SSSR count). The minimum absolute atomic E-state index is 0.116. The first-order valence-corrected chi connectivity index (χ1v) is 10.3. The Labute approximate surface area is 163 Å². The molecular formula is C21H35ClN2O2. The fourth-order valence-corrected chi connectivity index (χ4v) is 3.62. The summed E-state index contributed by atoms with van der Waals surface area (Å²) in [7, 11) is 1.56. The highest BCUT2D eigenvalue weighted by Crippen LogP contribution is 2.27. The number of nitrogens with one attached hydrogen (secondary N) is 1. The average molecular weight is 383 g/mol. The van der Waals surface area contributed by atoms with Gasteiger partial charge in [0, 0.05) is 24.7 Å². The van der Waals surface area contributed by atoms with Gasteiger partial charge in [0.2, 0.25) is 0 Å². The van der Waals surface area contributed by atoms with E-state index < -0.39 is 6.10 Å². The summed E-state index contributed by atoms with van der Waals surface area (Å²) in [5.74, 6) is 0.517. The van der Waals surface area contributed by atoms with Gasteiger partial charge in [0.25, 0.3) is 5.91 Å². The first-order valence-electron chi connectivity index (χ1n) is 9.90. The second kappa shape index (κ2) is 13.1. The molecule has 1 fully saturated rings. The Morgan fingerprint density at radius 2 is 1.85 bits per heavy atom. The van der Waals surface area contributed by atoms with Crippen molar-refractivity contribution in [1.82, 2.24) is 5.32 Å². The Bertz CT molecular complexity index is 501. The second-order valence-electron chi connectivity index (χ2n) is 6.73. The van der Waals surface area contributed by atoms with Crippen LogP contribution >= 0.6 is 11.6 Å². The molecule has 0 heterocycles. The highest BCUT2D eigenvalue weighted by atomic mass is 35.5. The quantitative estimate of drug-likeness (QED) is 0.702. The molecule has 2 unspecified atom stereocenters. The molecule has 26 heavy (non-hydrogen) atoms.